The summed E-state index contributed by atoms with van der Waals surface area (Å²) in [4.78, 5) is 10.2. The Bertz CT molecular complexity index is 5310. The highest BCUT2D eigenvalue weighted by Gasteiger charge is 2.55. The molecule has 0 atom stereocenters. The predicted octanol–water partition coefficient (Wildman–Crippen LogP) is 11.4. The third-order valence-electron chi connectivity index (χ3n) is 21.5. The maximum atomic E-state index is 7.81. The van der Waals surface area contributed by atoms with E-state index >= 15 is 0 Å². The molecule has 0 saturated heterocycles. The van der Waals surface area contributed by atoms with Crippen LogP contribution in [0.15, 0.2) is 261 Å². The van der Waals surface area contributed by atoms with E-state index < -0.39 is 0 Å². The van der Waals surface area contributed by atoms with E-state index in [0.29, 0.717) is 0 Å². The second kappa shape index (κ2) is 17.3. The smallest absolute Gasteiger partial charge is 0.256 e. The third kappa shape index (κ3) is 5.96. The van der Waals surface area contributed by atoms with Crippen LogP contribution in [0.3, 0.4) is 0 Å². The number of benzene rings is 13. The predicted molar refractivity (Wildman–Crippen MR) is 381 cm³/mol. The molecular weight excluding hydrogens is 1110 g/mol. The van der Waals surface area contributed by atoms with Crippen molar-refractivity contribution in [1.29, 1.82) is 0 Å². The Labute approximate surface area is 527 Å². The standard InChI is InChI=1S/C80H49B4N5O2/c1-46-75-71-77-73-79(46)90-69-44-67-51(42-59(69)83(73)57-34-16-22-40-65(57)88(77)63-38-20-14-32-55(63)81(71)53-30-12-18-36-61(53)86(75)49-26-8-4-9-27-49)52-43-60-70(45-68(52)85(67)48-24-6-3-7-25-48)91-80-47(2)76-72-78-74(80)84(60)58-35-17-23-41-66(58)89(78)64-39-21-15-33-56(64)82(72)54-31-13-19-37-62(54)87(76)50-28-10-5-11-29-50/h3-45H,1-2H3. The van der Waals surface area contributed by atoms with Gasteiger partial charge in [0.1, 0.15) is 23.0 Å². The van der Waals surface area contributed by atoms with E-state index in [1.54, 1.807) is 0 Å². The molecule has 0 unspecified atom stereocenters. The average molecular weight is 1160 g/mol. The van der Waals surface area contributed by atoms with Crippen LogP contribution in [0.5, 0.6) is 23.0 Å². The zero-order valence-corrected chi connectivity index (χ0v) is 49.7. The van der Waals surface area contributed by atoms with E-state index in [0.717, 1.165) is 62.2 Å². The van der Waals surface area contributed by atoms with Crippen molar-refractivity contribution in [2.24, 2.45) is 0 Å². The zero-order valence-electron chi connectivity index (χ0n) is 49.7. The minimum Gasteiger partial charge on any atom is -0.458 e. The Balaban J connectivity index is 0.821. The Kier molecular flexibility index (Phi) is 9.27. The van der Waals surface area contributed by atoms with Crippen molar-refractivity contribution in [3.63, 3.8) is 0 Å². The van der Waals surface area contributed by atoms with Gasteiger partial charge in [-0.2, -0.15) is 0 Å². The number of aromatic nitrogens is 1. The molecule has 0 fully saturated rings. The lowest BCUT2D eigenvalue weighted by Crippen LogP contribution is -2.68. The Morgan fingerprint density at radius 3 is 0.890 bits per heavy atom. The molecule has 7 nitrogen and oxygen atoms in total. The summed E-state index contributed by atoms with van der Waals surface area (Å²) in [5, 5.41) is 2.35. The van der Waals surface area contributed by atoms with Crippen molar-refractivity contribution in [2.75, 3.05) is 19.6 Å². The average Bonchev–Trinajstić information content (AvgIpc) is 0.780. The number of hydrogen-bond donors (Lipinski definition) is 0. The fourth-order valence-corrected chi connectivity index (χ4v) is 18.2. The fraction of sp³-hybridized carbons (Fsp3) is 0.0250. The number of rotatable bonds is 3. The third-order valence-corrected chi connectivity index (χ3v) is 21.5. The Morgan fingerprint density at radius 1 is 0.264 bits per heavy atom. The number of nitrogens with zero attached hydrogens (tertiary/aromatic N) is 5. The van der Waals surface area contributed by atoms with E-state index in [1.165, 1.54) is 133 Å². The van der Waals surface area contributed by atoms with Crippen LogP contribution in [-0.2, 0) is 0 Å². The summed E-state index contributed by atoms with van der Waals surface area (Å²) in [7, 11) is 0. The number of fused-ring (bicyclic) bond motifs is 23. The summed E-state index contributed by atoms with van der Waals surface area (Å²) in [6.07, 6.45) is 0. The zero-order chi connectivity index (χ0) is 59.2. The van der Waals surface area contributed by atoms with Gasteiger partial charge in [0, 0.05) is 96.6 Å². The van der Waals surface area contributed by atoms with Gasteiger partial charge in [-0.15, -0.1) is 0 Å². The van der Waals surface area contributed by atoms with E-state index in [2.05, 4.69) is 299 Å². The van der Waals surface area contributed by atoms with E-state index in [1.807, 2.05) is 0 Å². The van der Waals surface area contributed by atoms with Crippen molar-refractivity contribution in [2.45, 2.75) is 13.8 Å². The Morgan fingerprint density at radius 2 is 0.549 bits per heavy atom. The highest BCUT2D eigenvalue weighted by Crippen LogP contribution is 2.53. The first-order valence-electron chi connectivity index (χ1n) is 31.9. The lowest BCUT2D eigenvalue weighted by molar-refractivity contribution is 0.484. The molecule has 91 heavy (non-hydrogen) atoms. The molecule has 418 valence electrons. The van der Waals surface area contributed by atoms with Crippen LogP contribution in [0.1, 0.15) is 11.1 Å². The largest absolute Gasteiger partial charge is 0.458 e. The van der Waals surface area contributed by atoms with Gasteiger partial charge in [0.2, 0.25) is 0 Å². The van der Waals surface area contributed by atoms with Crippen LogP contribution >= 0.6 is 0 Å². The summed E-state index contributed by atoms with van der Waals surface area (Å²) >= 11 is 0. The molecule has 0 aliphatic carbocycles. The Hall–Kier alpha value is -11.3. The van der Waals surface area contributed by atoms with Crippen molar-refractivity contribution in [1.82, 2.24) is 4.57 Å². The second-order valence-electron chi connectivity index (χ2n) is 25.7. The van der Waals surface area contributed by atoms with Crippen LogP contribution in [0.2, 0.25) is 0 Å². The highest BCUT2D eigenvalue weighted by atomic mass is 16.5. The maximum Gasteiger partial charge on any atom is 0.256 e. The van der Waals surface area contributed by atoms with Crippen molar-refractivity contribution in [3.8, 4) is 28.7 Å². The molecule has 1 aromatic heterocycles. The molecule has 14 aromatic rings. The molecule has 0 amide bonds. The van der Waals surface area contributed by atoms with Gasteiger partial charge in [-0.1, -0.05) is 176 Å². The van der Waals surface area contributed by atoms with Crippen molar-refractivity contribution in [3.05, 3.63) is 272 Å². The summed E-state index contributed by atoms with van der Waals surface area (Å²) in [6, 6.07) is 97.2. The minimum absolute atomic E-state index is 0.00479. The fourth-order valence-electron chi connectivity index (χ4n) is 18.2. The van der Waals surface area contributed by atoms with Gasteiger partial charge in [-0.05, 0) is 152 Å². The molecule has 8 aliphatic rings. The lowest BCUT2D eigenvalue weighted by Gasteiger charge is -2.50. The maximum absolute atomic E-state index is 7.81. The first kappa shape index (κ1) is 48.7. The van der Waals surface area contributed by atoms with Crippen LogP contribution in [-0.4, -0.2) is 31.4 Å². The lowest BCUT2D eigenvalue weighted by atomic mass is 9.29. The molecule has 13 aromatic carbocycles. The van der Waals surface area contributed by atoms with E-state index in [4.69, 9.17) is 9.47 Å². The van der Waals surface area contributed by atoms with Crippen LogP contribution in [0.25, 0.3) is 27.5 Å². The van der Waals surface area contributed by atoms with Crippen molar-refractivity contribution >= 4 is 182 Å². The molecule has 9 heterocycles. The second-order valence-corrected chi connectivity index (χ2v) is 25.7. The molecule has 8 aliphatic heterocycles. The number of ether oxygens (including phenoxy) is 2. The van der Waals surface area contributed by atoms with Gasteiger partial charge < -0.3 is 33.6 Å². The number of para-hydroxylation sites is 9. The van der Waals surface area contributed by atoms with Crippen LogP contribution in [0.4, 0.5) is 68.2 Å². The summed E-state index contributed by atoms with van der Waals surface area (Å²) < 4.78 is 18.1. The molecule has 0 bridgehead atoms. The van der Waals surface area contributed by atoms with Gasteiger partial charge in [-0.25, -0.2) is 0 Å². The number of hydrogen-bond acceptors (Lipinski definition) is 6. The summed E-state index contributed by atoms with van der Waals surface area (Å²) in [5.41, 5.74) is 34.9. The monoisotopic (exact) mass is 1160 g/mol. The first-order valence-corrected chi connectivity index (χ1v) is 31.9. The van der Waals surface area contributed by atoms with Gasteiger partial charge in [0.25, 0.3) is 26.9 Å². The van der Waals surface area contributed by atoms with E-state index in [9.17, 15) is 0 Å². The molecule has 11 heteroatoms. The molecule has 0 N–H and O–H groups in total. The van der Waals surface area contributed by atoms with E-state index in [-0.39, 0.29) is 26.9 Å². The van der Waals surface area contributed by atoms with Crippen molar-refractivity contribution < 1.29 is 9.47 Å². The van der Waals surface area contributed by atoms with Crippen LogP contribution in [0, 0.1) is 13.8 Å². The quantitative estimate of drug-likeness (QED) is 0.164. The highest BCUT2D eigenvalue weighted by molar-refractivity contribution is 7.06. The van der Waals surface area contributed by atoms with Gasteiger partial charge in [-0.3, -0.25) is 0 Å². The molecule has 0 radical (unpaired) electrons. The molecular formula is C80H49B4N5O2. The minimum atomic E-state index is -0.138. The van der Waals surface area contributed by atoms with Gasteiger partial charge in [0.05, 0.1) is 22.4 Å². The topological polar surface area (TPSA) is 36.4 Å². The summed E-state index contributed by atoms with van der Waals surface area (Å²) in [6.45, 7) is 4.33. The molecule has 0 saturated carbocycles. The molecule has 22 rings (SSSR count). The van der Waals surface area contributed by atoms with Gasteiger partial charge in [0.15, 0.2) is 0 Å². The van der Waals surface area contributed by atoms with Crippen LogP contribution < -0.4 is 94.6 Å². The SMILES string of the molecule is Cc1c2c3c4c5c1N(c1ccccc1)c1ccccc1B5c1ccccc1N4c1ccccc1B3c1cc3c4cc5c(cc4n(-c4ccccc4)c3cc1O2)Oc1c(C)c2c3c4c1B5c1ccccc1N4c1ccccc1B3c1ccccc1N2c1ccccc1. The first-order chi connectivity index (χ1) is 45.1. The normalized spacial score (nSPS) is 14.5. The summed E-state index contributed by atoms with van der Waals surface area (Å²) in [5.74, 6) is 3.59. The molecule has 0 spiro atoms. The number of anilines is 12. The van der Waals surface area contributed by atoms with Gasteiger partial charge >= 0.3 is 0 Å².